The fourth-order valence-corrected chi connectivity index (χ4v) is 3.48. The second-order valence-corrected chi connectivity index (χ2v) is 7.73. The molecule has 0 aliphatic carbocycles. The van der Waals surface area contributed by atoms with Gasteiger partial charge in [-0.2, -0.15) is 0 Å². The Labute approximate surface area is 217 Å². The highest BCUT2D eigenvalue weighted by atomic mass is 16.6. The molecule has 0 saturated heterocycles. The van der Waals surface area contributed by atoms with Gasteiger partial charge in [0.2, 0.25) is 5.75 Å². The van der Waals surface area contributed by atoms with Crippen LogP contribution < -0.4 is 28.4 Å². The molecule has 9 nitrogen and oxygen atoms in total. The number of para-hydroxylation sites is 3. The van der Waals surface area contributed by atoms with E-state index in [2.05, 4.69) is 0 Å². The molecule has 3 aromatic carbocycles. The summed E-state index contributed by atoms with van der Waals surface area (Å²) in [5.41, 5.74) is 0.999. The van der Waals surface area contributed by atoms with Crippen LogP contribution in [0.25, 0.3) is 0 Å². The smallest absolute Gasteiger partial charge is 0.409 e. The molecular weight excluding hydrogens is 478 g/mol. The number of methoxy groups -OCH3 is 4. The zero-order chi connectivity index (χ0) is 26.5. The first kappa shape index (κ1) is 27.3. The van der Waals surface area contributed by atoms with Crippen LogP contribution in [-0.2, 0) is 11.3 Å². The van der Waals surface area contributed by atoms with Crippen LogP contribution in [0.1, 0.15) is 5.56 Å². The summed E-state index contributed by atoms with van der Waals surface area (Å²) >= 11 is 0. The lowest BCUT2D eigenvalue weighted by Gasteiger charge is -2.22. The molecule has 0 unspecified atom stereocenters. The number of carbonyl (C=O) groups excluding carboxylic acids is 1. The lowest BCUT2D eigenvalue weighted by atomic mass is 10.2. The van der Waals surface area contributed by atoms with Crippen LogP contribution in [0.2, 0.25) is 0 Å². The van der Waals surface area contributed by atoms with Crippen molar-refractivity contribution in [2.24, 2.45) is 0 Å². The summed E-state index contributed by atoms with van der Waals surface area (Å²) < 4.78 is 38.6. The van der Waals surface area contributed by atoms with Gasteiger partial charge in [0.05, 0.1) is 41.5 Å². The highest BCUT2D eigenvalue weighted by Crippen LogP contribution is 2.36. The SMILES string of the molecule is COC(=O)N(CCOc1ccccc1OCc1ccc(OC)cc1)CCOc1c(OC)cccc1OC. The second-order valence-electron chi connectivity index (χ2n) is 7.73. The summed E-state index contributed by atoms with van der Waals surface area (Å²) in [6.07, 6.45) is -0.483. The molecule has 0 heterocycles. The van der Waals surface area contributed by atoms with E-state index in [4.69, 9.17) is 33.2 Å². The van der Waals surface area contributed by atoms with Gasteiger partial charge in [0.15, 0.2) is 23.0 Å². The molecule has 9 heteroatoms. The topological polar surface area (TPSA) is 84.9 Å². The maximum Gasteiger partial charge on any atom is 0.409 e. The van der Waals surface area contributed by atoms with Crippen LogP contribution in [0.5, 0.6) is 34.5 Å². The number of hydrogen-bond acceptors (Lipinski definition) is 8. The van der Waals surface area contributed by atoms with Crippen molar-refractivity contribution in [3.63, 3.8) is 0 Å². The number of carbonyl (C=O) groups is 1. The monoisotopic (exact) mass is 511 g/mol. The van der Waals surface area contributed by atoms with E-state index >= 15 is 0 Å². The normalized spacial score (nSPS) is 10.3. The Kier molecular flexibility index (Phi) is 10.6. The lowest BCUT2D eigenvalue weighted by molar-refractivity contribution is 0.106. The van der Waals surface area contributed by atoms with Crippen molar-refractivity contribution in [2.45, 2.75) is 6.61 Å². The van der Waals surface area contributed by atoms with Crippen molar-refractivity contribution in [3.05, 3.63) is 72.3 Å². The van der Waals surface area contributed by atoms with Crippen LogP contribution in [-0.4, -0.2) is 65.7 Å². The third-order valence-corrected chi connectivity index (χ3v) is 5.44. The molecule has 1 amide bonds. The van der Waals surface area contributed by atoms with Gasteiger partial charge in [-0.1, -0.05) is 30.3 Å². The van der Waals surface area contributed by atoms with E-state index in [0.29, 0.717) is 35.4 Å². The molecule has 0 saturated carbocycles. The molecule has 0 aromatic heterocycles. The quantitative estimate of drug-likeness (QED) is 0.305. The van der Waals surface area contributed by atoms with Crippen LogP contribution in [0.4, 0.5) is 4.79 Å². The van der Waals surface area contributed by atoms with Crippen molar-refractivity contribution in [1.82, 2.24) is 4.90 Å². The standard InChI is InChI=1S/C28H33NO8/c1-31-22-14-12-21(13-15-22)20-37-24-9-6-5-8-23(24)35-18-16-29(28(30)34-4)17-19-36-27-25(32-2)10-7-11-26(27)33-3/h5-15H,16-20H2,1-4H3. The predicted octanol–water partition coefficient (Wildman–Crippen LogP) is 4.82. The molecule has 0 bridgehead atoms. The van der Waals surface area contributed by atoms with Crippen LogP contribution >= 0.6 is 0 Å². The van der Waals surface area contributed by atoms with Crippen molar-refractivity contribution in [1.29, 1.82) is 0 Å². The molecule has 3 aromatic rings. The number of hydrogen-bond donors (Lipinski definition) is 0. The van der Waals surface area contributed by atoms with Crippen molar-refractivity contribution in [2.75, 3.05) is 54.7 Å². The third kappa shape index (κ3) is 7.86. The molecular formula is C28H33NO8. The van der Waals surface area contributed by atoms with E-state index in [0.717, 1.165) is 11.3 Å². The first-order valence-corrected chi connectivity index (χ1v) is 11.7. The molecule has 37 heavy (non-hydrogen) atoms. The average Bonchev–Trinajstić information content (AvgIpc) is 2.95. The summed E-state index contributed by atoms with van der Waals surface area (Å²) in [7, 11) is 6.07. The average molecular weight is 512 g/mol. The fourth-order valence-electron chi connectivity index (χ4n) is 3.48. The van der Waals surface area contributed by atoms with Gasteiger partial charge in [-0.25, -0.2) is 4.79 Å². The Hall–Kier alpha value is -4.27. The van der Waals surface area contributed by atoms with Gasteiger partial charge in [-0.05, 0) is 42.0 Å². The van der Waals surface area contributed by atoms with Crippen molar-refractivity contribution < 1.29 is 38.0 Å². The number of amides is 1. The Morgan fingerprint density at radius 1 is 0.649 bits per heavy atom. The second kappa shape index (κ2) is 14.3. The molecule has 0 radical (unpaired) electrons. The highest BCUT2D eigenvalue weighted by Gasteiger charge is 2.17. The maximum atomic E-state index is 12.3. The molecule has 198 valence electrons. The molecule has 0 fully saturated rings. The van der Waals surface area contributed by atoms with Gasteiger partial charge in [0.1, 0.15) is 25.6 Å². The summed E-state index contributed by atoms with van der Waals surface area (Å²) in [6.45, 7) is 1.37. The molecule has 0 aliphatic heterocycles. The van der Waals surface area contributed by atoms with E-state index in [-0.39, 0.29) is 26.3 Å². The minimum Gasteiger partial charge on any atom is -0.497 e. The minimum absolute atomic E-state index is 0.202. The summed E-state index contributed by atoms with van der Waals surface area (Å²) in [5.74, 6) is 3.52. The summed E-state index contributed by atoms with van der Waals surface area (Å²) in [4.78, 5) is 13.8. The largest absolute Gasteiger partial charge is 0.497 e. The maximum absolute atomic E-state index is 12.3. The van der Waals surface area contributed by atoms with Crippen LogP contribution in [0.15, 0.2) is 66.7 Å². The molecule has 0 aliphatic rings. The third-order valence-electron chi connectivity index (χ3n) is 5.44. The fraction of sp³-hybridized carbons (Fsp3) is 0.321. The summed E-state index contributed by atoms with van der Waals surface area (Å²) in [6, 6.07) is 20.4. The van der Waals surface area contributed by atoms with E-state index in [9.17, 15) is 4.79 Å². The van der Waals surface area contributed by atoms with Crippen LogP contribution in [0.3, 0.4) is 0 Å². The number of benzene rings is 3. The van der Waals surface area contributed by atoms with E-state index < -0.39 is 6.09 Å². The van der Waals surface area contributed by atoms with Gasteiger partial charge in [-0.15, -0.1) is 0 Å². The zero-order valence-electron chi connectivity index (χ0n) is 21.6. The first-order valence-electron chi connectivity index (χ1n) is 11.7. The molecule has 0 N–H and O–H groups in total. The Balaban J connectivity index is 1.54. The van der Waals surface area contributed by atoms with Gasteiger partial charge in [0, 0.05) is 0 Å². The van der Waals surface area contributed by atoms with E-state index in [1.165, 1.54) is 12.0 Å². The predicted molar refractivity (Wildman–Crippen MR) is 138 cm³/mol. The summed E-state index contributed by atoms with van der Waals surface area (Å²) in [5, 5.41) is 0. The van der Waals surface area contributed by atoms with Crippen molar-refractivity contribution in [3.8, 4) is 34.5 Å². The van der Waals surface area contributed by atoms with Gasteiger partial charge in [0.25, 0.3) is 0 Å². The Bertz CT molecular complexity index is 1100. The van der Waals surface area contributed by atoms with Crippen LogP contribution in [0, 0.1) is 0 Å². The van der Waals surface area contributed by atoms with Gasteiger partial charge >= 0.3 is 6.09 Å². The number of ether oxygens (including phenoxy) is 7. The number of nitrogens with zero attached hydrogens (tertiary/aromatic N) is 1. The Morgan fingerprint density at radius 3 is 1.78 bits per heavy atom. The Morgan fingerprint density at radius 2 is 1.22 bits per heavy atom. The molecule has 0 atom stereocenters. The highest BCUT2D eigenvalue weighted by molar-refractivity contribution is 5.67. The van der Waals surface area contributed by atoms with Gasteiger partial charge < -0.3 is 38.1 Å². The first-order chi connectivity index (χ1) is 18.1. The van der Waals surface area contributed by atoms with Gasteiger partial charge in [-0.3, -0.25) is 0 Å². The zero-order valence-corrected chi connectivity index (χ0v) is 21.6. The van der Waals surface area contributed by atoms with Crippen molar-refractivity contribution >= 4 is 6.09 Å². The van der Waals surface area contributed by atoms with E-state index in [1.54, 1.807) is 39.5 Å². The van der Waals surface area contributed by atoms with E-state index in [1.807, 2.05) is 48.5 Å². The molecule has 0 spiro atoms. The molecule has 3 rings (SSSR count). The number of rotatable bonds is 14. The minimum atomic E-state index is -0.483. The lowest BCUT2D eigenvalue weighted by Crippen LogP contribution is -2.37.